The van der Waals surface area contributed by atoms with E-state index in [2.05, 4.69) is 116 Å². The lowest BCUT2D eigenvalue weighted by molar-refractivity contribution is -0.161. The molecule has 0 aliphatic heterocycles. The number of carboxylic acid groups (broad SMARTS) is 1. The van der Waals surface area contributed by atoms with Crippen LogP contribution in [0.1, 0.15) is 142 Å². The first-order valence-electron chi connectivity index (χ1n) is 21.3. The Morgan fingerprint density at radius 1 is 0.534 bits per heavy atom. The minimum Gasteiger partial charge on any atom is -0.480 e. The fraction of sp³-hybridized carbons (Fsp3) is 0.587. The lowest BCUT2D eigenvalue weighted by atomic mass is 10.1. The van der Waals surface area contributed by atoms with Gasteiger partial charge in [0.05, 0.1) is 13.2 Å². The number of unbranched alkanes of at least 4 members (excludes halogenated alkanes) is 8. The average molecular weight is 832 g/mol. The van der Waals surface area contributed by atoms with Gasteiger partial charge < -0.3 is 25.2 Å². The molecule has 0 bridgehead atoms. The highest BCUT2D eigenvalue weighted by atomic mass is 31.2. The number of phosphoric ester groups is 1. The number of ether oxygens (including phenoxy) is 2. The average Bonchev–Trinajstić information content (AvgIpc) is 3.20. The summed E-state index contributed by atoms with van der Waals surface area (Å²) < 4.78 is 32.6. The maximum absolute atomic E-state index is 12.6. The summed E-state index contributed by atoms with van der Waals surface area (Å²) >= 11 is 0. The third kappa shape index (κ3) is 39.2. The van der Waals surface area contributed by atoms with E-state index in [9.17, 15) is 23.8 Å². The quantitative estimate of drug-likeness (QED) is 0.0234. The van der Waals surface area contributed by atoms with Gasteiger partial charge in [-0.15, -0.1) is 0 Å². The molecule has 4 N–H and O–H groups in total. The molecule has 1 unspecified atom stereocenters. The van der Waals surface area contributed by atoms with Crippen LogP contribution in [0.2, 0.25) is 0 Å². The molecule has 0 saturated carbocycles. The van der Waals surface area contributed by atoms with E-state index in [0.717, 1.165) is 103 Å². The minimum atomic E-state index is -4.74. The Morgan fingerprint density at radius 3 is 1.34 bits per heavy atom. The summed E-state index contributed by atoms with van der Waals surface area (Å²) in [7, 11) is -4.74. The van der Waals surface area contributed by atoms with Crippen molar-refractivity contribution < 1.29 is 47.5 Å². The second kappa shape index (κ2) is 40.2. The molecule has 0 spiro atoms. The highest BCUT2D eigenvalue weighted by Gasteiger charge is 2.28. The summed E-state index contributed by atoms with van der Waals surface area (Å²) in [6.45, 7) is 2.50. The molecular weight excluding hydrogens is 757 g/mol. The molecule has 0 fully saturated rings. The molecule has 0 aromatic rings. The predicted octanol–water partition coefficient (Wildman–Crippen LogP) is 11.3. The molecule has 58 heavy (non-hydrogen) atoms. The Kier molecular flexibility index (Phi) is 37.7. The van der Waals surface area contributed by atoms with Crippen LogP contribution in [0.4, 0.5) is 0 Å². The molecule has 0 aliphatic carbocycles. The van der Waals surface area contributed by atoms with Crippen LogP contribution in [0.15, 0.2) is 97.2 Å². The number of phosphoric acid groups is 1. The topological polar surface area (TPSA) is 172 Å². The van der Waals surface area contributed by atoms with E-state index >= 15 is 0 Å². The molecule has 0 rings (SSSR count). The number of carbonyl (C=O) groups excluding carboxylic acids is 2. The first kappa shape index (κ1) is 54.4. The van der Waals surface area contributed by atoms with Gasteiger partial charge >= 0.3 is 25.7 Å². The van der Waals surface area contributed by atoms with Crippen LogP contribution in [0.3, 0.4) is 0 Å². The standard InChI is InChI=1S/C46H74NO10P/c1-3-5-7-9-11-13-15-17-19-21-23-25-27-29-31-33-35-37-44(48)54-39-42(40-55-58(52,53)56-41-43(47)46(50)51)57-45(49)38-36-34-32-30-28-26-24-22-20-18-16-14-12-10-8-6-4-2/h5-8,11-14,17-20,23-26,42-43H,3-4,9-10,15-16,21-22,27-41,47H2,1-2H3,(H,50,51)(H,52,53)/b7-5-,8-6-,13-11-,14-12-,19-17-,20-18-,25-23-,26-24-/t42-,43+/m1/s1. The lowest BCUT2D eigenvalue weighted by Gasteiger charge is -2.20. The van der Waals surface area contributed by atoms with E-state index in [4.69, 9.17) is 24.8 Å². The number of nitrogens with two attached hydrogens (primary N) is 1. The van der Waals surface area contributed by atoms with Gasteiger partial charge in [0.1, 0.15) is 12.6 Å². The summed E-state index contributed by atoms with van der Waals surface area (Å²) in [6.07, 6.45) is 50.4. The Hall–Kier alpha value is -3.60. The number of esters is 2. The van der Waals surface area contributed by atoms with Crippen molar-refractivity contribution in [2.24, 2.45) is 5.73 Å². The molecule has 0 aromatic heterocycles. The summed E-state index contributed by atoms with van der Waals surface area (Å²) in [6, 6.07) is -1.53. The number of hydrogen-bond acceptors (Lipinski definition) is 9. The smallest absolute Gasteiger partial charge is 0.472 e. The van der Waals surface area contributed by atoms with Crippen LogP contribution >= 0.6 is 7.82 Å². The largest absolute Gasteiger partial charge is 0.480 e. The molecule has 3 atom stereocenters. The normalized spacial score (nSPS) is 14.7. The molecule has 0 saturated heterocycles. The molecule has 0 heterocycles. The Bertz CT molecular complexity index is 1350. The van der Waals surface area contributed by atoms with Crippen molar-refractivity contribution in [1.82, 2.24) is 0 Å². The van der Waals surface area contributed by atoms with Crippen molar-refractivity contribution >= 4 is 25.7 Å². The van der Waals surface area contributed by atoms with Crippen molar-refractivity contribution in [3.63, 3.8) is 0 Å². The van der Waals surface area contributed by atoms with Crippen LogP contribution in [0.25, 0.3) is 0 Å². The molecule has 0 radical (unpaired) electrons. The molecule has 0 aromatic carbocycles. The van der Waals surface area contributed by atoms with E-state index in [0.29, 0.717) is 12.8 Å². The number of carboxylic acids is 1. The number of allylic oxidation sites excluding steroid dienone is 16. The Labute approximate surface area is 349 Å². The van der Waals surface area contributed by atoms with Crippen LogP contribution in [0, 0.1) is 0 Å². The maximum atomic E-state index is 12.6. The van der Waals surface area contributed by atoms with Gasteiger partial charge in [-0.3, -0.25) is 23.4 Å². The van der Waals surface area contributed by atoms with Crippen LogP contribution in [-0.2, 0) is 37.5 Å². The molecule has 328 valence electrons. The highest BCUT2D eigenvalue weighted by Crippen LogP contribution is 2.43. The van der Waals surface area contributed by atoms with Gasteiger partial charge in [-0.2, -0.15) is 0 Å². The zero-order chi connectivity index (χ0) is 42.8. The van der Waals surface area contributed by atoms with E-state index in [1.165, 1.54) is 0 Å². The number of carbonyl (C=O) groups is 3. The van der Waals surface area contributed by atoms with E-state index < -0.39 is 51.1 Å². The van der Waals surface area contributed by atoms with Gasteiger partial charge in [-0.05, 0) is 89.9 Å². The summed E-state index contributed by atoms with van der Waals surface area (Å²) in [5.41, 5.74) is 5.33. The van der Waals surface area contributed by atoms with Crippen molar-refractivity contribution in [3.8, 4) is 0 Å². The SMILES string of the molecule is CC/C=C\C/C=C\C/C=C\C/C=C\CCCCCCC(=O)OC[C@H](COP(=O)(O)OC[C@H](N)C(=O)O)OC(=O)CCCCCC/C=C\C/C=C\C/C=C\C/C=C\CC. The molecule has 11 nitrogen and oxygen atoms in total. The van der Waals surface area contributed by atoms with Crippen molar-refractivity contribution in [2.75, 3.05) is 19.8 Å². The second-order valence-corrected chi connectivity index (χ2v) is 15.2. The summed E-state index contributed by atoms with van der Waals surface area (Å²) in [4.78, 5) is 46.0. The van der Waals surface area contributed by atoms with Crippen LogP contribution < -0.4 is 5.73 Å². The zero-order valence-electron chi connectivity index (χ0n) is 35.3. The first-order valence-corrected chi connectivity index (χ1v) is 22.8. The van der Waals surface area contributed by atoms with Gasteiger partial charge in [-0.1, -0.05) is 137 Å². The fourth-order valence-electron chi connectivity index (χ4n) is 5.04. The number of hydrogen-bond donors (Lipinski definition) is 3. The van der Waals surface area contributed by atoms with Gasteiger partial charge in [-0.25, -0.2) is 4.57 Å². The highest BCUT2D eigenvalue weighted by molar-refractivity contribution is 7.47. The Morgan fingerprint density at radius 2 is 0.914 bits per heavy atom. The third-order valence-corrected chi connectivity index (χ3v) is 9.28. The molecule has 0 aliphatic rings. The number of rotatable bonds is 38. The lowest BCUT2D eigenvalue weighted by Crippen LogP contribution is -2.34. The number of aliphatic carboxylic acids is 1. The monoisotopic (exact) mass is 832 g/mol. The Balaban J connectivity index is 4.49. The molecule has 0 amide bonds. The summed E-state index contributed by atoms with van der Waals surface area (Å²) in [5, 5.41) is 8.89. The van der Waals surface area contributed by atoms with Gasteiger partial charge in [0, 0.05) is 12.8 Å². The first-order chi connectivity index (χ1) is 28.1. The van der Waals surface area contributed by atoms with Crippen molar-refractivity contribution in [3.05, 3.63) is 97.2 Å². The van der Waals surface area contributed by atoms with Crippen LogP contribution in [0.5, 0.6) is 0 Å². The zero-order valence-corrected chi connectivity index (χ0v) is 36.2. The molecular formula is C46H74NO10P. The van der Waals surface area contributed by atoms with Gasteiger partial charge in [0.2, 0.25) is 0 Å². The molecule has 12 heteroatoms. The van der Waals surface area contributed by atoms with E-state index in [1.807, 2.05) is 0 Å². The summed E-state index contributed by atoms with van der Waals surface area (Å²) in [5.74, 6) is -2.46. The second-order valence-electron chi connectivity index (χ2n) is 13.7. The maximum Gasteiger partial charge on any atom is 0.472 e. The van der Waals surface area contributed by atoms with Gasteiger partial charge in [0.15, 0.2) is 6.10 Å². The minimum absolute atomic E-state index is 0.121. The van der Waals surface area contributed by atoms with E-state index in [-0.39, 0.29) is 19.4 Å². The van der Waals surface area contributed by atoms with Gasteiger partial charge in [0.25, 0.3) is 0 Å². The fourth-order valence-corrected chi connectivity index (χ4v) is 5.82. The van der Waals surface area contributed by atoms with E-state index in [1.54, 1.807) is 0 Å². The van der Waals surface area contributed by atoms with Crippen molar-refractivity contribution in [1.29, 1.82) is 0 Å². The predicted molar refractivity (Wildman–Crippen MR) is 235 cm³/mol. The van der Waals surface area contributed by atoms with Crippen molar-refractivity contribution in [2.45, 2.75) is 154 Å². The third-order valence-electron chi connectivity index (χ3n) is 8.33. The van der Waals surface area contributed by atoms with Crippen LogP contribution in [-0.4, -0.2) is 59.9 Å².